The molecule has 1 heterocycles. The monoisotopic (exact) mass is 348 g/mol. The molecule has 110 valence electrons. The van der Waals surface area contributed by atoms with Gasteiger partial charge in [-0.25, -0.2) is 18.4 Å². The van der Waals surface area contributed by atoms with Crippen LogP contribution in [0.5, 0.6) is 0 Å². The van der Waals surface area contributed by atoms with Crippen molar-refractivity contribution in [2.75, 3.05) is 4.72 Å². The minimum atomic E-state index is -4.10. The second kappa shape index (κ2) is 5.80. The van der Waals surface area contributed by atoms with Crippen LogP contribution in [-0.2, 0) is 10.0 Å². The van der Waals surface area contributed by atoms with Gasteiger partial charge in [-0.1, -0.05) is 11.6 Å². The van der Waals surface area contributed by atoms with Crippen LogP contribution < -0.4 is 4.72 Å². The highest BCUT2D eigenvalue weighted by Gasteiger charge is 2.21. The summed E-state index contributed by atoms with van der Waals surface area (Å²) >= 11 is 11.2. The van der Waals surface area contributed by atoms with E-state index in [1.54, 1.807) is 0 Å². The quantitative estimate of drug-likeness (QED) is 0.515. The van der Waals surface area contributed by atoms with Crippen molar-refractivity contribution < 1.29 is 13.3 Å². The lowest BCUT2D eigenvalue weighted by Gasteiger charge is -2.08. The van der Waals surface area contributed by atoms with Gasteiger partial charge in [-0.05, 0) is 23.7 Å². The highest BCUT2D eigenvalue weighted by Crippen LogP contribution is 2.29. The Morgan fingerprint density at radius 3 is 2.38 bits per heavy atom. The number of nitro groups is 1. The van der Waals surface area contributed by atoms with Crippen LogP contribution in [0.2, 0.25) is 10.3 Å². The summed E-state index contributed by atoms with van der Waals surface area (Å²) in [6.45, 7) is 0. The fraction of sp³-hybridized carbons (Fsp3) is 0. The molecule has 0 spiro atoms. The van der Waals surface area contributed by atoms with Crippen LogP contribution in [-0.4, -0.2) is 23.3 Å². The first-order chi connectivity index (χ1) is 9.79. The van der Waals surface area contributed by atoms with E-state index in [0.717, 1.165) is 24.5 Å². The molecule has 0 aliphatic heterocycles. The van der Waals surface area contributed by atoms with E-state index in [1.165, 1.54) is 6.07 Å². The van der Waals surface area contributed by atoms with Crippen molar-refractivity contribution in [1.29, 1.82) is 0 Å². The van der Waals surface area contributed by atoms with E-state index in [1.807, 2.05) is 0 Å². The fourth-order valence-corrected chi connectivity index (χ4v) is 2.62. The summed E-state index contributed by atoms with van der Waals surface area (Å²) in [6.07, 6.45) is 1.96. The second-order valence-corrected chi connectivity index (χ2v) is 6.17. The SMILES string of the molecule is O=[N+]([O-])c1ccc(Cl)cc1NS(=O)(=O)c1cnc(Cl)nc1. The number of hydrogen-bond acceptors (Lipinski definition) is 6. The summed E-state index contributed by atoms with van der Waals surface area (Å²) < 4.78 is 26.3. The summed E-state index contributed by atoms with van der Waals surface area (Å²) in [5.41, 5.74) is -0.694. The highest BCUT2D eigenvalue weighted by molar-refractivity contribution is 7.92. The van der Waals surface area contributed by atoms with Gasteiger partial charge in [0.15, 0.2) is 0 Å². The van der Waals surface area contributed by atoms with Crippen LogP contribution >= 0.6 is 23.2 Å². The largest absolute Gasteiger partial charge is 0.293 e. The van der Waals surface area contributed by atoms with Crippen molar-refractivity contribution in [2.45, 2.75) is 4.90 Å². The average Bonchev–Trinajstić information content (AvgIpc) is 2.38. The summed E-state index contributed by atoms with van der Waals surface area (Å²) in [4.78, 5) is 16.9. The van der Waals surface area contributed by atoms with Crippen LogP contribution in [0, 0.1) is 10.1 Å². The maximum absolute atomic E-state index is 12.1. The number of aromatic nitrogens is 2. The normalized spacial score (nSPS) is 11.1. The van der Waals surface area contributed by atoms with Crippen LogP contribution in [0.4, 0.5) is 11.4 Å². The maximum Gasteiger partial charge on any atom is 0.293 e. The smallest absolute Gasteiger partial charge is 0.273 e. The third kappa shape index (κ3) is 3.57. The van der Waals surface area contributed by atoms with E-state index in [4.69, 9.17) is 23.2 Å². The molecule has 0 aliphatic rings. The molecule has 2 rings (SSSR count). The van der Waals surface area contributed by atoms with Gasteiger partial charge in [-0.3, -0.25) is 14.8 Å². The number of sulfonamides is 1. The summed E-state index contributed by atoms with van der Waals surface area (Å²) in [6, 6.07) is 3.51. The van der Waals surface area contributed by atoms with Gasteiger partial charge < -0.3 is 0 Å². The first-order valence-corrected chi connectivity index (χ1v) is 7.48. The molecule has 0 bridgehead atoms. The van der Waals surface area contributed by atoms with Crippen molar-refractivity contribution >= 4 is 44.6 Å². The molecule has 8 nitrogen and oxygen atoms in total. The lowest BCUT2D eigenvalue weighted by molar-refractivity contribution is -0.383. The molecule has 0 unspecified atom stereocenters. The maximum atomic E-state index is 12.1. The zero-order valence-corrected chi connectivity index (χ0v) is 12.4. The van der Waals surface area contributed by atoms with Crippen molar-refractivity contribution in [1.82, 2.24) is 9.97 Å². The van der Waals surface area contributed by atoms with Gasteiger partial charge in [0.2, 0.25) is 5.28 Å². The van der Waals surface area contributed by atoms with Crippen LogP contribution in [0.15, 0.2) is 35.5 Å². The lowest BCUT2D eigenvalue weighted by atomic mass is 10.3. The Kier molecular flexibility index (Phi) is 4.26. The van der Waals surface area contributed by atoms with Crippen molar-refractivity contribution in [2.24, 2.45) is 0 Å². The van der Waals surface area contributed by atoms with E-state index in [0.29, 0.717) is 0 Å². The van der Waals surface area contributed by atoms with E-state index >= 15 is 0 Å². The standard InChI is InChI=1S/C10H6Cl2N4O4S/c11-6-1-2-9(16(17)18)8(3-6)15-21(19,20)7-4-13-10(12)14-5-7/h1-5,15H. The molecule has 2 aromatic rings. The predicted octanol–water partition coefficient (Wildman–Crippen LogP) is 2.49. The Morgan fingerprint density at radius 2 is 1.81 bits per heavy atom. The van der Waals surface area contributed by atoms with E-state index in [-0.39, 0.29) is 20.9 Å². The molecule has 1 N–H and O–H groups in total. The number of nitrogens with one attached hydrogen (secondary N) is 1. The third-order valence-corrected chi connectivity index (χ3v) is 4.06. The zero-order valence-electron chi connectivity index (χ0n) is 10.0. The van der Waals surface area contributed by atoms with Crippen LogP contribution in [0.25, 0.3) is 0 Å². The van der Waals surface area contributed by atoms with Crippen LogP contribution in [0.1, 0.15) is 0 Å². The minimum Gasteiger partial charge on any atom is -0.273 e. The molecule has 0 radical (unpaired) electrons. The summed E-state index contributed by atoms with van der Waals surface area (Å²) in [7, 11) is -4.10. The first kappa shape index (κ1) is 15.4. The van der Waals surface area contributed by atoms with Gasteiger partial charge >= 0.3 is 0 Å². The summed E-state index contributed by atoms with van der Waals surface area (Å²) in [5.74, 6) is 0. The lowest BCUT2D eigenvalue weighted by Crippen LogP contribution is -2.14. The molecular weight excluding hydrogens is 343 g/mol. The molecule has 0 saturated carbocycles. The molecule has 0 atom stereocenters. The highest BCUT2D eigenvalue weighted by atomic mass is 35.5. The number of rotatable bonds is 4. The zero-order chi connectivity index (χ0) is 15.6. The van der Waals surface area contributed by atoms with Gasteiger partial charge in [-0.15, -0.1) is 0 Å². The van der Waals surface area contributed by atoms with E-state index in [9.17, 15) is 18.5 Å². The number of hydrogen-bond donors (Lipinski definition) is 1. The van der Waals surface area contributed by atoms with Crippen molar-refractivity contribution in [3.05, 3.63) is 51.0 Å². The molecule has 1 aromatic carbocycles. The Labute approximate surface area is 128 Å². The Morgan fingerprint density at radius 1 is 1.19 bits per heavy atom. The molecule has 0 amide bonds. The fourth-order valence-electron chi connectivity index (χ4n) is 1.39. The number of nitro benzene ring substituents is 1. The Bertz CT molecular complexity index is 795. The van der Waals surface area contributed by atoms with Gasteiger partial charge in [-0.2, -0.15) is 0 Å². The second-order valence-electron chi connectivity index (χ2n) is 3.71. The average molecular weight is 349 g/mol. The molecular formula is C10H6Cl2N4O4S. The van der Waals surface area contributed by atoms with Gasteiger partial charge in [0.1, 0.15) is 10.6 Å². The molecule has 11 heteroatoms. The topological polar surface area (TPSA) is 115 Å². The van der Waals surface area contributed by atoms with E-state index < -0.39 is 20.6 Å². The first-order valence-electron chi connectivity index (χ1n) is 5.24. The number of nitrogens with zero attached hydrogens (tertiary/aromatic N) is 3. The number of halogens is 2. The molecule has 1 aromatic heterocycles. The van der Waals surface area contributed by atoms with E-state index in [2.05, 4.69) is 14.7 Å². The van der Waals surface area contributed by atoms with Crippen molar-refractivity contribution in [3.8, 4) is 0 Å². The van der Waals surface area contributed by atoms with Crippen LogP contribution in [0.3, 0.4) is 0 Å². The summed E-state index contributed by atoms with van der Waals surface area (Å²) in [5, 5.41) is 10.9. The third-order valence-electron chi connectivity index (χ3n) is 2.31. The van der Waals surface area contributed by atoms with Gasteiger partial charge in [0, 0.05) is 11.1 Å². The number of anilines is 1. The Balaban J connectivity index is 2.43. The number of benzene rings is 1. The van der Waals surface area contributed by atoms with Gasteiger partial charge in [0.05, 0.1) is 17.3 Å². The van der Waals surface area contributed by atoms with Gasteiger partial charge in [0.25, 0.3) is 15.7 Å². The predicted molar refractivity (Wildman–Crippen MR) is 76.0 cm³/mol. The Hall–Kier alpha value is -1.97. The molecule has 0 aliphatic carbocycles. The molecule has 21 heavy (non-hydrogen) atoms. The molecule has 0 fully saturated rings. The molecule has 0 saturated heterocycles. The van der Waals surface area contributed by atoms with Crippen molar-refractivity contribution in [3.63, 3.8) is 0 Å². The minimum absolute atomic E-state index is 0.123.